The van der Waals surface area contributed by atoms with Gasteiger partial charge in [0.1, 0.15) is 0 Å². The molecule has 24 heavy (non-hydrogen) atoms. The fourth-order valence-corrected chi connectivity index (χ4v) is 3.38. The molecule has 1 N–H and O–H groups in total. The van der Waals surface area contributed by atoms with Gasteiger partial charge in [0.2, 0.25) is 0 Å². The van der Waals surface area contributed by atoms with Crippen LogP contribution in [0.2, 0.25) is 0 Å². The first-order chi connectivity index (χ1) is 11.7. The van der Waals surface area contributed by atoms with Crippen LogP contribution >= 0.6 is 0 Å². The molecule has 1 saturated heterocycles. The van der Waals surface area contributed by atoms with Crippen LogP contribution in [0.4, 0.5) is 5.69 Å². The van der Waals surface area contributed by atoms with Crippen LogP contribution < -0.4 is 4.90 Å². The van der Waals surface area contributed by atoms with E-state index >= 15 is 0 Å². The molecule has 0 bridgehead atoms. The number of hydrogen-bond donors (Lipinski definition) is 1. The van der Waals surface area contributed by atoms with Gasteiger partial charge in [-0.2, -0.15) is 5.10 Å². The molecule has 5 heteroatoms. The van der Waals surface area contributed by atoms with Gasteiger partial charge in [0, 0.05) is 44.3 Å². The molecule has 1 aromatic carbocycles. The van der Waals surface area contributed by atoms with Gasteiger partial charge in [0.25, 0.3) is 0 Å². The number of aliphatic hydroxyl groups excluding tert-OH is 1. The first-order valence-electron chi connectivity index (χ1n) is 8.88. The molecule has 1 aromatic heterocycles. The average Bonchev–Trinajstić information content (AvgIpc) is 3.09. The highest BCUT2D eigenvalue weighted by atomic mass is 16.3. The van der Waals surface area contributed by atoms with Gasteiger partial charge in [-0.25, -0.2) is 0 Å². The maximum Gasteiger partial charge on any atom is 0.0862 e. The first-order valence-corrected chi connectivity index (χ1v) is 8.88. The lowest BCUT2D eigenvalue weighted by Crippen LogP contribution is -2.32. The molecule has 2 aromatic rings. The van der Waals surface area contributed by atoms with E-state index in [4.69, 9.17) is 0 Å². The minimum absolute atomic E-state index is 0.414. The molecular weight excluding hydrogens is 300 g/mol. The Morgan fingerprint density at radius 1 is 1.17 bits per heavy atom. The van der Waals surface area contributed by atoms with Crippen molar-refractivity contribution in [3.63, 3.8) is 0 Å². The Hall–Kier alpha value is -1.85. The largest absolute Gasteiger partial charge is 0.390 e. The van der Waals surface area contributed by atoms with Crippen molar-refractivity contribution in [3.8, 4) is 0 Å². The second kappa shape index (κ2) is 8.31. The van der Waals surface area contributed by atoms with Gasteiger partial charge in [-0.3, -0.25) is 9.58 Å². The number of rotatable bonds is 7. The van der Waals surface area contributed by atoms with Crippen LogP contribution in [0.25, 0.3) is 0 Å². The molecule has 0 aliphatic carbocycles. The predicted molar refractivity (Wildman–Crippen MR) is 97.1 cm³/mol. The van der Waals surface area contributed by atoms with E-state index in [1.165, 1.54) is 43.6 Å². The fraction of sp³-hybridized carbons (Fsp3) is 0.526. The SMILES string of the molecule is CN(Cc1ccc(N2CCCCC2)cc1)C[C@@H](O)Cn1cccn1. The minimum atomic E-state index is -0.414. The molecule has 5 nitrogen and oxygen atoms in total. The number of piperidine rings is 1. The lowest BCUT2D eigenvalue weighted by molar-refractivity contribution is 0.104. The number of anilines is 1. The lowest BCUT2D eigenvalue weighted by Gasteiger charge is -2.29. The van der Waals surface area contributed by atoms with Crippen molar-refractivity contribution < 1.29 is 5.11 Å². The van der Waals surface area contributed by atoms with Crippen LogP contribution in [0.5, 0.6) is 0 Å². The highest BCUT2D eigenvalue weighted by Crippen LogP contribution is 2.20. The number of nitrogens with zero attached hydrogens (tertiary/aromatic N) is 4. The zero-order chi connectivity index (χ0) is 16.8. The van der Waals surface area contributed by atoms with Gasteiger partial charge in [-0.05, 0) is 50.1 Å². The molecule has 2 heterocycles. The highest BCUT2D eigenvalue weighted by molar-refractivity contribution is 5.47. The third-order valence-electron chi connectivity index (χ3n) is 4.59. The Morgan fingerprint density at radius 3 is 2.58 bits per heavy atom. The summed E-state index contributed by atoms with van der Waals surface area (Å²) in [5.74, 6) is 0. The second-order valence-electron chi connectivity index (χ2n) is 6.79. The summed E-state index contributed by atoms with van der Waals surface area (Å²) in [6.45, 7) is 4.37. The lowest BCUT2D eigenvalue weighted by atomic mass is 10.1. The van der Waals surface area contributed by atoms with Crippen molar-refractivity contribution in [3.05, 3.63) is 48.3 Å². The summed E-state index contributed by atoms with van der Waals surface area (Å²) >= 11 is 0. The maximum atomic E-state index is 10.2. The Labute approximate surface area is 144 Å². The van der Waals surface area contributed by atoms with Crippen molar-refractivity contribution in [1.29, 1.82) is 0 Å². The first kappa shape index (κ1) is 17.0. The molecule has 1 atom stereocenters. The van der Waals surface area contributed by atoms with E-state index in [1.807, 2.05) is 19.3 Å². The topological polar surface area (TPSA) is 44.5 Å². The zero-order valence-corrected chi connectivity index (χ0v) is 14.5. The number of hydrogen-bond acceptors (Lipinski definition) is 4. The monoisotopic (exact) mass is 328 g/mol. The second-order valence-corrected chi connectivity index (χ2v) is 6.79. The van der Waals surface area contributed by atoms with E-state index < -0.39 is 6.10 Å². The van der Waals surface area contributed by atoms with Gasteiger partial charge < -0.3 is 10.0 Å². The number of likely N-dealkylation sites (N-methyl/N-ethyl adjacent to an activating group) is 1. The zero-order valence-electron chi connectivity index (χ0n) is 14.5. The van der Waals surface area contributed by atoms with E-state index in [2.05, 4.69) is 39.2 Å². The number of aliphatic hydroxyl groups is 1. The highest BCUT2D eigenvalue weighted by Gasteiger charge is 2.12. The molecule has 0 amide bonds. The summed E-state index contributed by atoms with van der Waals surface area (Å²) in [6.07, 6.45) is 7.17. The Morgan fingerprint density at radius 2 is 1.92 bits per heavy atom. The third kappa shape index (κ3) is 4.82. The van der Waals surface area contributed by atoms with Crippen LogP contribution in [0.15, 0.2) is 42.7 Å². The normalized spacial score (nSPS) is 16.5. The van der Waals surface area contributed by atoms with E-state index in [-0.39, 0.29) is 0 Å². The van der Waals surface area contributed by atoms with Gasteiger partial charge in [0.15, 0.2) is 0 Å². The predicted octanol–water partition coefficient (Wildman–Crippen LogP) is 2.37. The average molecular weight is 328 g/mol. The Balaban J connectivity index is 1.47. The summed E-state index contributed by atoms with van der Waals surface area (Å²) in [5.41, 5.74) is 2.62. The minimum Gasteiger partial charge on any atom is -0.390 e. The molecule has 0 saturated carbocycles. The van der Waals surface area contributed by atoms with E-state index in [0.717, 1.165) is 6.54 Å². The molecule has 0 spiro atoms. The molecule has 0 unspecified atom stereocenters. The number of aromatic nitrogens is 2. The van der Waals surface area contributed by atoms with Crippen molar-refractivity contribution in [2.45, 2.75) is 38.5 Å². The van der Waals surface area contributed by atoms with Gasteiger partial charge in [0.05, 0.1) is 12.6 Å². The van der Waals surface area contributed by atoms with Crippen LogP contribution in [-0.2, 0) is 13.1 Å². The van der Waals surface area contributed by atoms with Gasteiger partial charge >= 0.3 is 0 Å². The van der Waals surface area contributed by atoms with Crippen LogP contribution in [0.3, 0.4) is 0 Å². The number of benzene rings is 1. The van der Waals surface area contributed by atoms with E-state index in [9.17, 15) is 5.11 Å². The quantitative estimate of drug-likeness (QED) is 0.847. The molecule has 0 radical (unpaired) electrons. The van der Waals surface area contributed by atoms with Crippen LogP contribution in [0.1, 0.15) is 24.8 Å². The molecule has 1 aliphatic heterocycles. The standard InChI is InChI=1S/C19H28N4O/c1-21(15-19(24)16-23-13-5-10-20-23)14-17-6-8-18(9-7-17)22-11-3-2-4-12-22/h5-10,13,19,24H,2-4,11-12,14-16H2,1H3/t19-/m1/s1. The van der Waals surface area contributed by atoms with Crippen molar-refractivity contribution in [2.24, 2.45) is 0 Å². The summed E-state index contributed by atoms with van der Waals surface area (Å²) < 4.78 is 1.77. The summed E-state index contributed by atoms with van der Waals surface area (Å²) in [7, 11) is 2.05. The molecular formula is C19H28N4O. The van der Waals surface area contributed by atoms with Crippen LogP contribution in [-0.4, -0.2) is 52.6 Å². The van der Waals surface area contributed by atoms with E-state index in [0.29, 0.717) is 13.1 Å². The van der Waals surface area contributed by atoms with Crippen molar-refractivity contribution >= 4 is 5.69 Å². The van der Waals surface area contributed by atoms with Crippen molar-refractivity contribution in [1.82, 2.24) is 14.7 Å². The van der Waals surface area contributed by atoms with Crippen molar-refractivity contribution in [2.75, 3.05) is 31.6 Å². The molecule has 3 rings (SSSR count). The molecule has 1 fully saturated rings. The summed E-state index contributed by atoms with van der Waals surface area (Å²) in [6, 6.07) is 10.8. The fourth-order valence-electron chi connectivity index (χ4n) is 3.38. The summed E-state index contributed by atoms with van der Waals surface area (Å²) in [5, 5.41) is 14.3. The smallest absolute Gasteiger partial charge is 0.0862 e. The van der Waals surface area contributed by atoms with Gasteiger partial charge in [-0.15, -0.1) is 0 Å². The molecule has 130 valence electrons. The van der Waals surface area contributed by atoms with E-state index in [1.54, 1.807) is 10.9 Å². The Kier molecular flexibility index (Phi) is 5.88. The Bertz CT molecular complexity index is 590. The third-order valence-corrected chi connectivity index (χ3v) is 4.59. The van der Waals surface area contributed by atoms with Gasteiger partial charge in [-0.1, -0.05) is 12.1 Å². The summed E-state index contributed by atoms with van der Waals surface area (Å²) in [4.78, 5) is 4.63. The molecule has 1 aliphatic rings. The maximum absolute atomic E-state index is 10.2. The van der Waals surface area contributed by atoms with Crippen LogP contribution in [0, 0.1) is 0 Å².